The molecule has 2 heterocycles. The zero-order valence-electron chi connectivity index (χ0n) is 11.7. The Hall–Kier alpha value is -1.16. The summed E-state index contributed by atoms with van der Waals surface area (Å²) in [6, 6.07) is 0. The van der Waals surface area contributed by atoms with Crippen molar-refractivity contribution in [1.82, 2.24) is 9.97 Å². The van der Waals surface area contributed by atoms with E-state index in [2.05, 4.69) is 22.2 Å². The zero-order chi connectivity index (χ0) is 13.1. The van der Waals surface area contributed by atoms with Crippen LogP contribution in [0.2, 0.25) is 0 Å². The summed E-state index contributed by atoms with van der Waals surface area (Å²) in [5, 5.41) is 3.58. The molecule has 0 aromatic carbocycles. The standard InChI is InChI=1S/C15H23N3O/c1-15(6-8-19-9-7-15)10-16-14-12-4-2-3-5-13(12)17-11-18-14/h11H,2-10H2,1H3,(H,16,17,18). The Kier molecular flexibility index (Phi) is 3.69. The van der Waals surface area contributed by atoms with Crippen molar-refractivity contribution in [2.45, 2.75) is 45.4 Å². The van der Waals surface area contributed by atoms with Crippen molar-refractivity contribution in [3.05, 3.63) is 17.6 Å². The smallest absolute Gasteiger partial charge is 0.132 e. The Morgan fingerprint density at radius 2 is 2.00 bits per heavy atom. The van der Waals surface area contributed by atoms with Crippen LogP contribution in [0.15, 0.2) is 6.33 Å². The fraction of sp³-hybridized carbons (Fsp3) is 0.733. The number of aryl methyl sites for hydroxylation is 1. The lowest BCUT2D eigenvalue weighted by Gasteiger charge is -2.34. The van der Waals surface area contributed by atoms with Crippen LogP contribution in [0, 0.1) is 5.41 Å². The van der Waals surface area contributed by atoms with Crippen LogP contribution in [0.5, 0.6) is 0 Å². The molecule has 1 N–H and O–H groups in total. The lowest BCUT2D eigenvalue weighted by Crippen LogP contribution is -2.33. The molecule has 4 nitrogen and oxygen atoms in total. The molecule has 0 spiro atoms. The van der Waals surface area contributed by atoms with E-state index in [1.807, 2.05) is 0 Å². The van der Waals surface area contributed by atoms with Crippen LogP contribution in [0.1, 0.15) is 43.9 Å². The number of hydrogen-bond donors (Lipinski definition) is 1. The normalized spacial score (nSPS) is 21.7. The van der Waals surface area contributed by atoms with Crippen LogP contribution in [-0.4, -0.2) is 29.7 Å². The largest absolute Gasteiger partial charge is 0.381 e. The number of rotatable bonds is 3. The molecule has 0 radical (unpaired) electrons. The number of anilines is 1. The van der Waals surface area contributed by atoms with Crippen molar-refractivity contribution in [2.75, 3.05) is 25.1 Å². The molecule has 1 aliphatic carbocycles. The van der Waals surface area contributed by atoms with Crippen LogP contribution in [-0.2, 0) is 17.6 Å². The monoisotopic (exact) mass is 261 g/mol. The van der Waals surface area contributed by atoms with Gasteiger partial charge in [-0.3, -0.25) is 0 Å². The summed E-state index contributed by atoms with van der Waals surface area (Å²) in [5.74, 6) is 1.07. The van der Waals surface area contributed by atoms with Gasteiger partial charge in [0.05, 0.1) is 0 Å². The quantitative estimate of drug-likeness (QED) is 0.908. The first-order chi connectivity index (χ1) is 9.27. The predicted octanol–water partition coefficient (Wildman–Crippen LogP) is 2.58. The van der Waals surface area contributed by atoms with Crippen molar-refractivity contribution < 1.29 is 4.74 Å². The molecule has 0 atom stereocenters. The van der Waals surface area contributed by atoms with Gasteiger partial charge < -0.3 is 10.1 Å². The van der Waals surface area contributed by atoms with Crippen molar-refractivity contribution in [2.24, 2.45) is 5.41 Å². The van der Waals surface area contributed by atoms with Gasteiger partial charge in [0, 0.05) is 31.0 Å². The molecule has 1 aromatic heterocycles. The Labute approximate surface area is 115 Å². The predicted molar refractivity (Wildman–Crippen MR) is 75.3 cm³/mol. The Balaban J connectivity index is 1.69. The van der Waals surface area contributed by atoms with Crippen LogP contribution in [0.25, 0.3) is 0 Å². The van der Waals surface area contributed by atoms with Crippen LogP contribution in [0.3, 0.4) is 0 Å². The highest BCUT2D eigenvalue weighted by atomic mass is 16.5. The van der Waals surface area contributed by atoms with E-state index in [0.717, 1.165) is 51.3 Å². The molecular formula is C15H23N3O. The molecule has 0 bridgehead atoms. The summed E-state index contributed by atoms with van der Waals surface area (Å²) in [6.45, 7) is 5.11. The number of fused-ring (bicyclic) bond motifs is 1. The first-order valence-electron chi connectivity index (χ1n) is 7.41. The van der Waals surface area contributed by atoms with Crippen LogP contribution < -0.4 is 5.32 Å². The Bertz CT molecular complexity index is 441. The summed E-state index contributed by atoms with van der Waals surface area (Å²) in [7, 11) is 0. The Morgan fingerprint density at radius 1 is 1.21 bits per heavy atom. The van der Waals surface area contributed by atoms with E-state index in [1.54, 1.807) is 6.33 Å². The maximum absolute atomic E-state index is 5.45. The molecule has 4 heteroatoms. The molecule has 104 valence electrons. The molecule has 1 saturated heterocycles. The number of nitrogens with zero attached hydrogens (tertiary/aromatic N) is 2. The third kappa shape index (κ3) is 2.89. The van der Waals surface area contributed by atoms with E-state index >= 15 is 0 Å². The highest BCUT2D eigenvalue weighted by Gasteiger charge is 2.27. The third-order valence-electron chi connectivity index (χ3n) is 4.51. The highest BCUT2D eigenvalue weighted by molar-refractivity contribution is 5.47. The average molecular weight is 261 g/mol. The van der Waals surface area contributed by atoms with Crippen LogP contribution in [0.4, 0.5) is 5.82 Å². The summed E-state index contributed by atoms with van der Waals surface area (Å²) < 4.78 is 5.45. The van der Waals surface area contributed by atoms with E-state index in [1.165, 1.54) is 24.1 Å². The molecular weight excluding hydrogens is 238 g/mol. The minimum absolute atomic E-state index is 0.338. The van der Waals surface area contributed by atoms with Crippen molar-refractivity contribution >= 4 is 5.82 Å². The SMILES string of the molecule is CC1(CNc2ncnc3c2CCCC3)CCOCC1. The first kappa shape index (κ1) is 12.9. The molecule has 2 aliphatic rings. The molecule has 3 rings (SSSR count). The highest BCUT2D eigenvalue weighted by Crippen LogP contribution is 2.31. The van der Waals surface area contributed by atoms with Gasteiger partial charge in [0.2, 0.25) is 0 Å². The minimum Gasteiger partial charge on any atom is -0.381 e. The number of aromatic nitrogens is 2. The molecule has 0 amide bonds. The second kappa shape index (κ2) is 5.45. The third-order valence-corrected chi connectivity index (χ3v) is 4.51. The number of nitrogens with one attached hydrogen (secondary N) is 1. The van der Waals surface area contributed by atoms with Gasteiger partial charge in [-0.1, -0.05) is 6.92 Å². The lowest BCUT2D eigenvalue weighted by molar-refractivity contribution is 0.0299. The van der Waals surface area contributed by atoms with Crippen LogP contribution >= 0.6 is 0 Å². The average Bonchev–Trinajstić information content (AvgIpc) is 2.46. The molecule has 19 heavy (non-hydrogen) atoms. The van der Waals surface area contributed by atoms with Gasteiger partial charge in [-0.05, 0) is 43.9 Å². The fourth-order valence-corrected chi connectivity index (χ4v) is 3.01. The maximum Gasteiger partial charge on any atom is 0.132 e. The molecule has 0 unspecified atom stereocenters. The Morgan fingerprint density at radius 3 is 2.84 bits per heavy atom. The molecule has 1 aromatic rings. The van der Waals surface area contributed by atoms with Crippen molar-refractivity contribution in [3.63, 3.8) is 0 Å². The van der Waals surface area contributed by atoms with E-state index < -0.39 is 0 Å². The van der Waals surface area contributed by atoms with Crippen molar-refractivity contribution in [1.29, 1.82) is 0 Å². The van der Waals surface area contributed by atoms with Gasteiger partial charge in [-0.2, -0.15) is 0 Å². The molecule has 0 saturated carbocycles. The summed E-state index contributed by atoms with van der Waals surface area (Å²) in [6.07, 6.45) is 8.73. The van der Waals surface area contributed by atoms with Crippen molar-refractivity contribution in [3.8, 4) is 0 Å². The molecule has 1 fully saturated rings. The summed E-state index contributed by atoms with van der Waals surface area (Å²) >= 11 is 0. The second-order valence-corrected chi connectivity index (χ2v) is 6.13. The summed E-state index contributed by atoms with van der Waals surface area (Å²) in [4.78, 5) is 8.87. The second-order valence-electron chi connectivity index (χ2n) is 6.13. The van der Waals surface area contributed by atoms with E-state index in [0.29, 0.717) is 5.41 Å². The maximum atomic E-state index is 5.45. The zero-order valence-corrected chi connectivity index (χ0v) is 11.7. The van der Waals surface area contributed by atoms with Gasteiger partial charge in [0.1, 0.15) is 12.1 Å². The van der Waals surface area contributed by atoms with Gasteiger partial charge >= 0.3 is 0 Å². The van der Waals surface area contributed by atoms with Gasteiger partial charge in [-0.25, -0.2) is 9.97 Å². The first-order valence-corrected chi connectivity index (χ1v) is 7.41. The topological polar surface area (TPSA) is 47.0 Å². The molecule has 1 aliphatic heterocycles. The lowest BCUT2D eigenvalue weighted by atomic mass is 9.82. The van der Waals surface area contributed by atoms with Gasteiger partial charge in [-0.15, -0.1) is 0 Å². The number of ether oxygens (including phenoxy) is 1. The van der Waals surface area contributed by atoms with E-state index in [9.17, 15) is 0 Å². The fourth-order valence-electron chi connectivity index (χ4n) is 3.01. The minimum atomic E-state index is 0.338. The van der Waals surface area contributed by atoms with E-state index in [-0.39, 0.29) is 0 Å². The van der Waals surface area contributed by atoms with Gasteiger partial charge in [0.25, 0.3) is 0 Å². The van der Waals surface area contributed by atoms with E-state index in [4.69, 9.17) is 4.74 Å². The number of hydrogen-bond acceptors (Lipinski definition) is 4. The summed E-state index contributed by atoms with van der Waals surface area (Å²) in [5.41, 5.74) is 2.94. The van der Waals surface area contributed by atoms with Gasteiger partial charge in [0.15, 0.2) is 0 Å².